The first-order chi connectivity index (χ1) is 12.7. The third-order valence-electron chi connectivity index (χ3n) is 4.08. The number of carbonyl (C=O) groups is 1. The predicted molar refractivity (Wildman–Crippen MR) is 95.6 cm³/mol. The van der Waals surface area contributed by atoms with Crippen LogP contribution in [0.5, 0.6) is 0 Å². The number of rotatable bonds is 5. The third kappa shape index (κ3) is 2.67. The molecule has 2 heterocycles. The molecule has 0 radical (unpaired) electrons. The fourth-order valence-electron chi connectivity index (χ4n) is 2.90. The number of nitrogens with zero attached hydrogens (tertiary/aromatic N) is 4. The van der Waals surface area contributed by atoms with Crippen LogP contribution in [0.25, 0.3) is 16.7 Å². The molecule has 0 aliphatic heterocycles. The van der Waals surface area contributed by atoms with E-state index in [1.54, 1.807) is 18.2 Å². The number of hydrogen-bond acceptors (Lipinski definition) is 6. The maximum atomic E-state index is 12.9. The Hall–Kier alpha value is -3.68. The molecule has 2 aromatic carbocycles. The highest BCUT2D eigenvalue weighted by Crippen LogP contribution is 2.19. The van der Waals surface area contributed by atoms with Gasteiger partial charge in [0.1, 0.15) is 6.61 Å². The Bertz CT molecular complexity index is 1160. The number of hydrogen-bond donors (Lipinski definition) is 1. The Balaban J connectivity index is 1.87. The molecule has 0 fully saturated rings. The van der Waals surface area contributed by atoms with Crippen LogP contribution in [0, 0.1) is 0 Å². The van der Waals surface area contributed by atoms with Gasteiger partial charge in [0.25, 0.3) is 6.47 Å². The number of carbonyl (C=O) groups excluding carboxylic acids is 1. The Morgan fingerprint density at radius 2 is 1.92 bits per heavy atom. The molecule has 26 heavy (non-hydrogen) atoms. The molecule has 0 spiro atoms. The van der Waals surface area contributed by atoms with Crippen molar-refractivity contribution in [1.29, 1.82) is 0 Å². The van der Waals surface area contributed by atoms with Gasteiger partial charge in [0.15, 0.2) is 5.82 Å². The summed E-state index contributed by atoms with van der Waals surface area (Å²) in [6.07, 6.45) is 0. The number of fused-ring (bicyclic) bond motifs is 3. The van der Waals surface area contributed by atoms with Gasteiger partial charge in [-0.15, -0.1) is 5.10 Å². The summed E-state index contributed by atoms with van der Waals surface area (Å²) in [5.74, 6) is 0.162. The van der Waals surface area contributed by atoms with Crippen molar-refractivity contribution in [3.05, 3.63) is 70.1 Å². The van der Waals surface area contributed by atoms with Crippen LogP contribution in [0.1, 0.15) is 11.1 Å². The zero-order chi connectivity index (χ0) is 18.1. The van der Waals surface area contributed by atoms with Crippen LogP contribution in [-0.4, -0.2) is 25.6 Å². The summed E-state index contributed by atoms with van der Waals surface area (Å²) >= 11 is 0. The van der Waals surface area contributed by atoms with Crippen molar-refractivity contribution in [3.8, 4) is 0 Å². The van der Waals surface area contributed by atoms with Crippen LogP contribution in [0.3, 0.4) is 0 Å². The topological polar surface area (TPSA) is 105 Å². The van der Waals surface area contributed by atoms with Crippen LogP contribution in [0.2, 0.25) is 0 Å². The lowest BCUT2D eigenvalue weighted by Gasteiger charge is -2.05. The summed E-state index contributed by atoms with van der Waals surface area (Å²) in [6.45, 7) is 0.849. The molecule has 0 bridgehead atoms. The number of nitrogen functional groups attached to an aromatic ring is 1. The number of anilines is 1. The Morgan fingerprint density at radius 3 is 2.69 bits per heavy atom. The summed E-state index contributed by atoms with van der Waals surface area (Å²) in [7, 11) is 0. The summed E-state index contributed by atoms with van der Waals surface area (Å²) in [5, 5.41) is 4.34. The zero-order valence-electron chi connectivity index (χ0n) is 13.7. The Kier molecular flexibility index (Phi) is 3.85. The maximum absolute atomic E-state index is 12.9. The fourth-order valence-corrected chi connectivity index (χ4v) is 2.90. The van der Waals surface area contributed by atoms with E-state index in [0.29, 0.717) is 29.7 Å². The standard InChI is InChI=1S/C18H15N5O3/c19-16-17-21-22(9-12-4-2-1-3-5-12)18(25)23(17)15-7-6-13(10-26-11-24)8-14(15)20-16/h1-8,11H,9-10H2,(H2,19,20). The van der Waals surface area contributed by atoms with Gasteiger partial charge in [-0.2, -0.15) is 0 Å². The van der Waals surface area contributed by atoms with Crippen molar-refractivity contribution in [2.24, 2.45) is 0 Å². The SMILES string of the molecule is Nc1nc2cc(COC=O)ccc2n2c(=O)n(Cc3ccccc3)nc12. The van der Waals surface area contributed by atoms with Gasteiger partial charge in [0, 0.05) is 0 Å². The van der Waals surface area contributed by atoms with E-state index in [1.165, 1.54) is 9.08 Å². The normalized spacial score (nSPS) is 11.1. The van der Waals surface area contributed by atoms with Gasteiger partial charge in [-0.3, -0.25) is 4.79 Å². The number of aromatic nitrogens is 4. The van der Waals surface area contributed by atoms with E-state index < -0.39 is 0 Å². The van der Waals surface area contributed by atoms with Gasteiger partial charge < -0.3 is 10.5 Å². The first-order valence-electron chi connectivity index (χ1n) is 7.94. The second-order valence-corrected chi connectivity index (χ2v) is 5.81. The second-order valence-electron chi connectivity index (χ2n) is 5.81. The van der Waals surface area contributed by atoms with Crippen LogP contribution < -0.4 is 11.4 Å². The predicted octanol–water partition coefficient (Wildman–Crippen LogP) is 1.35. The van der Waals surface area contributed by atoms with Crippen LogP contribution in [-0.2, 0) is 22.7 Å². The van der Waals surface area contributed by atoms with Gasteiger partial charge in [0.05, 0.1) is 17.6 Å². The molecule has 8 heteroatoms. The lowest BCUT2D eigenvalue weighted by molar-refractivity contribution is -0.129. The summed E-state index contributed by atoms with van der Waals surface area (Å²) in [6, 6.07) is 14.8. The minimum absolute atomic E-state index is 0.126. The van der Waals surface area contributed by atoms with Crippen LogP contribution in [0.4, 0.5) is 5.82 Å². The van der Waals surface area contributed by atoms with Gasteiger partial charge in [-0.1, -0.05) is 36.4 Å². The van der Waals surface area contributed by atoms with Crippen molar-refractivity contribution in [3.63, 3.8) is 0 Å². The average Bonchev–Trinajstić information content (AvgIpc) is 2.98. The summed E-state index contributed by atoms with van der Waals surface area (Å²) in [4.78, 5) is 27.6. The van der Waals surface area contributed by atoms with Crippen molar-refractivity contribution in [1.82, 2.24) is 19.2 Å². The molecule has 0 saturated carbocycles. The first kappa shape index (κ1) is 15.8. The number of benzene rings is 2. The molecular formula is C18H15N5O3. The second kappa shape index (κ2) is 6.32. The van der Waals surface area contributed by atoms with Gasteiger partial charge in [-0.05, 0) is 23.3 Å². The molecule has 4 rings (SSSR count). The third-order valence-corrected chi connectivity index (χ3v) is 4.08. The monoisotopic (exact) mass is 349 g/mol. The van der Waals surface area contributed by atoms with E-state index in [4.69, 9.17) is 10.5 Å². The Morgan fingerprint density at radius 1 is 1.12 bits per heavy atom. The molecule has 2 aromatic heterocycles. The van der Waals surface area contributed by atoms with E-state index >= 15 is 0 Å². The molecule has 2 N–H and O–H groups in total. The van der Waals surface area contributed by atoms with Gasteiger partial charge in [-0.25, -0.2) is 18.9 Å². The van der Waals surface area contributed by atoms with Crippen LogP contribution in [0.15, 0.2) is 53.3 Å². The first-order valence-corrected chi connectivity index (χ1v) is 7.94. The zero-order valence-corrected chi connectivity index (χ0v) is 13.7. The Labute approximate surface area is 147 Å². The fraction of sp³-hybridized carbons (Fsp3) is 0.111. The molecule has 0 aliphatic carbocycles. The molecule has 0 atom stereocenters. The van der Waals surface area contributed by atoms with E-state index in [2.05, 4.69) is 10.1 Å². The van der Waals surface area contributed by atoms with Crippen molar-refractivity contribution < 1.29 is 9.53 Å². The maximum Gasteiger partial charge on any atom is 0.351 e. The number of ether oxygens (including phenoxy) is 1. The summed E-state index contributed by atoms with van der Waals surface area (Å²) in [5.41, 5.74) is 8.87. The lowest BCUT2D eigenvalue weighted by Crippen LogP contribution is -2.22. The van der Waals surface area contributed by atoms with Crippen molar-refractivity contribution in [2.75, 3.05) is 5.73 Å². The minimum atomic E-state index is -0.292. The van der Waals surface area contributed by atoms with E-state index in [1.807, 2.05) is 30.3 Å². The quantitative estimate of drug-likeness (QED) is 0.545. The molecule has 4 aromatic rings. The highest BCUT2D eigenvalue weighted by Gasteiger charge is 2.15. The van der Waals surface area contributed by atoms with E-state index in [-0.39, 0.29) is 18.1 Å². The molecule has 0 saturated heterocycles. The highest BCUT2D eigenvalue weighted by atomic mass is 16.5. The highest BCUT2D eigenvalue weighted by molar-refractivity contribution is 5.82. The molecule has 8 nitrogen and oxygen atoms in total. The van der Waals surface area contributed by atoms with Crippen LogP contribution >= 0.6 is 0 Å². The van der Waals surface area contributed by atoms with E-state index in [0.717, 1.165) is 11.1 Å². The molecule has 0 aliphatic rings. The van der Waals surface area contributed by atoms with Gasteiger partial charge in [0.2, 0.25) is 5.65 Å². The largest absolute Gasteiger partial charge is 0.463 e. The van der Waals surface area contributed by atoms with Gasteiger partial charge >= 0.3 is 5.69 Å². The average molecular weight is 349 g/mol. The van der Waals surface area contributed by atoms with E-state index in [9.17, 15) is 9.59 Å². The smallest absolute Gasteiger partial charge is 0.351 e. The lowest BCUT2D eigenvalue weighted by atomic mass is 10.2. The van der Waals surface area contributed by atoms with Crippen molar-refractivity contribution in [2.45, 2.75) is 13.2 Å². The molecular weight excluding hydrogens is 334 g/mol. The van der Waals surface area contributed by atoms with Crippen molar-refractivity contribution >= 4 is 29.0 Å². The minimum Gasteiger partial charge on any atom is -0.463 e. The summed E-state index contributed by atoms with van der Waals surface area (Å²) < 4.78 is 7.57. The number of nitrogens with two attached hydrogens (primary N) is 1. The molecule has 130 valence electrons. The molecule has 0 amide bonds. The molecule has 0 unspecified atom stereocenters.